The van der Waals surface area contributed by atoms with E-state index in [-0.39, 0.29) is 17.3 Å². The molecule has 9 heteroatoms. The van der Waals surface area contributed by atoms with Gasteiger partial charge in [-0.25, -0.2) is 8.42 Å². The number of aryl methyl sites for hydroxylation is 1. The number of benzene rings is 3. The van der Waals surface area contributed by atoms with Crippen LogP contribution in [0, 0.1) is 6.92 Å². The Morgan fingerprint density at radius 1 is 0.946 bits per heavy atom. The summed E-state index contributed by atoms with van der Waals surface area (Å²) in [7, 11) is -4.07. The minimum Gasteiger partial charge on any atom is -0.355 e. The van der Waals surface area contributed by atoms with Gasteiger partial charge in [0.05, 0.1) is 10.6 Å². The fourth-order valence-corrected chi connectivity index (χ4v) is 5.58. The Kier molecular flexibility index (Phi) is 9.72. The van der Waals surface area contributed by atoms with Crippen molar-refractivity contribution in [3.63, 3.8) is 0 Å². The summed E-state index contributed by atoms with van der Waals surface area (Å²) in [6, 6.07) is 21.2. The number of carbonyl (C=O) groups is 2. The highest BCUT2D eigenvalue weighted by Crippen LogP contribution is 2.25. The summed E-state index contributed by atoms with van der Waals surface area (Å²) in [5, 5.41) is 3.34. The lowest BCUT2D eigenvalue weighted by Gasteiger charge is -2.33. The van der Waals surface area contributed by atoms with Gasteiger partial charge in [-0.15, -0.1) is 0 Å². The van der Waals surface area contributed by atoms with E-state index in [1.54, 1.807) is 60.7 Å². The van der Waals surface area contributed by atoms with Crippen molar-refractivity contribution in [1.82, 2.24) is 10.2 Å². The Morgan fingerprint density at radius 3 is 2.22 bits per heavy atom. The van der Waals surface area contributed by atoms with Crippen LogP contribution in [0.1, 0.15) is 31.4 Å². The van der Waals surface area contributed by atoms with Gasteiger partial charge in [-0.05, 0) is 67.8 Å². The van der Waals surface area contributed by atoms with Crippen molar-refractivity contribution in [3.8, 4) is 0 Å². The van der Waals surface area contributed by atoms with E-state index < -0.39 is 28.5 Å². The highest BCUT2D eigenvalue weighted by atomic mass is 35.5. The molecule has 1 N–H and O–H groups in total. The van der Waals surface area contributed by atoms with Crippen molar-refractivity contribution in [3.05, 3.63) is 95.0 Å². The zero-order chi connectivity index (χ0) is 27.0. The molecule has 3 rings (SSSR count). The number of rotatable bonds is 11. The minimum atomic E-state index is -4.07. The fourth-order valence-electron chi connectivity index (χ4n) is 4.03. The maximum absolute atomic E-state index is 13.9. The highest BCUT2D eigenvalue weighted by Gasteiger charge is 2.33. The molecule has 1 atom stereocenters. The maximum atomic E-state index is 13.9. The standard InChI is InChI=1S/C28H32ClN3O4S/c1-4-26(28(34)30-5-2)31(19-22-14-16-23(29)17-15-22)27(33)20-32(24-11-9-10-21(3)18-24)37(35,36)25-12-7-6-8-13-25/h6-18,26H,4-5,19-20H2,1-3H3,(H,30,34)/t26-/m1/s1. The smallest absolute Gasteiger partial charge is 0.264 e. The largest absolute Gasteiger partial charge is 0.355 e. The van der Waals surface area contributed by atoms with Gasteiger partial charge in [0.25, 0.3) is 10.0 Å². The van der Waals surface area contributed by atoms with E-state index in [4.69, 9.17) is 11.6 Å². The Hall–Kier alpha value is -3.36. The van der Waals surface area contributed by atoms with E-state index in [2.05, 4.69) is 5.32 Å². The second kappa shape index (κ2) is 12.7. The quantitative estimate of drug-likeness (QED) is 0.378. The average molecular weight is 542 g/mol. The van der Waals surface area contributed by atoms with Gasteiger partial charge in [-0.3, -0.25) is 13.9 Å². The number of nitrogens with zero attached hydrogens (tertiary/aromatic N) is 2. The summed E-state index contributed by atoms with van der Waals surface area (Å²) >= 11 is 6.03. The normalized spacial score (nSPS) is 12.0. The van der Waals surface area contributed by atoms with Crippen molar-refractivity contribution in [1.29, 1.82) is 0 Å². The Bertz CT molecular complexity index is 1310. The lowest BCUT2D eigenvalue weighted by Crippen LogP contribution is -2.52. The molecule has 3 aromatic rings. The number of anilines is 1. The predicted octanol–water partition coefficient (Wildman–Crippen LogP) is 4.79. The fraction of sp³-hybridized carbons (Fsp3) is 0.286. The molecule has 0 radical (unpaired) electrons. The molecule has 0 bridgehead atoms. The molecule has 0 saturated heterocycles. The zero-order valence-electron chi connectivity index (χ0n) is 21.2. The van der Waals surface area contributed by atoms with Crippen LogP contribution < -0.4 is 9.62 Å². The lowest BCUT2D eigenvalue weighted by molar-refractivity contribution is -0.140. The summed E-state index contributed by atoms with van der Waals surface area (Å²) in [6.07, 6.45) is 0.362. The van der Waals surface area contributed by atoms with Crippen molar-refractivity contribution >= 4 is 39.1 Å². The topological polar surface area (TPSA) is 86.8 Å². The van der Waals surface area contributed by atoms with Crippen LogP contribution in [0.3, 0.4) is 0 Å². The van der Waals surface area contributed by atoms with Crippen molar-refractivity contribution in [2.75, 3.05) is 17.4 Å². The molecule has 0 spiro atoms. The summed E-state index contributed by atoms with van der Waals surface area (Å²) < 4.78 is 28.6. The van der Waals surface area contributed by atoms with Gasteiger partial charge >= 0.3 is 0 Å². The number of hydrogen-bond donors (Lipinski definition) is 1. The second-order valence-corrected chi connectivity index (χ2v) is 10.9. The Morgan fingerprint density at radius 2 is 1.62 bits per heavy atom. The van der Waals surface area contributed by atoms with Gasteiger partial charge in [0, 0.05) is 18.1 Å². The number of amides is 2. The number of likely N-dealkylation sites (N-methyl/N-ethyl adjacent to an activating group) is 1. The first-order valence-electron chi connectivity index (χ1n) is 12.1. The van der Waals surface area contributed by atoms with Crippen molar-refractivity contribution in [2.45, 2.75) is 44.7 Å². The van der Waals surface area contributed by atoms with E-state index in [0.29, 0.717) is 23.7 Å². The Balaban J connectivity index is 2.04. The molecular formula is C28H32ClN3O4S. The first-order valence-corrected chi connectivity index (χ1v) is 13.9. The number of sulfonamides is 1. The van der Waals surface area contributed by atoms with Gasteiger partial charge in [-0.1, -0.05) is 61.0 Å². The predicted molar refractivity (Wildman–Crippen MR) is 147 cm³/mol. The van der Waals surface area contributed by atoms with E-state index >= 15 is 0 Å². The monoisotopic (exact) mass is 541 g/mol. The zero-order valence-corrected chi connectivity index (χ0v) is 22.8. The molecular weight excluding hydrogens is 510 g/mol. The molecule has 2 amide bonds. The van der Waals surface area contributed by atoms with Crippen molar-refractivity contribution < 1.29 is 18.0 Å². The molecule has 37 heavy (non-hydrogen) atoms. The SMILES string of the molecule is CCNC(=O)[C@@H](CC)N(Cc1ccc(Cl)cc1)C(=O)CN(c1cccc(C)c1)S(=O)(=O)c1ccccc1. The van der Waals surface area contributed by atoms with Gasteiger partial charge in [0.2, 0.25) is 11.8 Å². The van der Waals surface area contributed by atoms with E-state index in [1.807, 2.05) is 26.8 Å². The van der Waals surface area contributed by atoms with Crippen LogP contribution in [0.2, 0.25) is 5.02 Å². The molecule has 0 aromatic heterocycles. The van der Waals surface area contributed by atoms with Crippen LogP contribution in [0.5, 0.6) is 0 Å². The van der Waals surface area contributed by atoms with Gasteiger partial charge in [0.15, 0.2) is 0 Å². The third-order valence-electron chi connectivity index (χ3n) is 5.90. The summed E-state index contributed by atoms with van der Waals surface area (Å²) in [4.78, 5) is 28.3. The van der Waals surface area contributed by atoms with E-state index in [0.717, 1.165) is 15.4 Å². The summed E-state index contributed by atoms with van der Waals surface area (Å²) in [5.74, 6) is -0.783. The average Bonchev–Trinajstić information content (AvgIpc) is 2.88. The first kappa shape index (κ1) is 28.2. The van der Waals surface area contributed by atoms with Crippen LogP contribution in [-0.4, -0.2) is 44.3 Å². The first-order chi connectivity index (χ1) is 17.7. The van der Waals surface area contributed by atoms with Crippen molar-refractivity contribution in [2.24, 2.45) is 0 Å². The molecule has 0 aliphatic carbocycles. The minimum absolute atomic E-state index is 0.0734. The van der Waals surface area contributed by atoms with Crippen LogP contribution in [-0.2, 0) is 26.2 Å². The number of hydrogen-bond acceptors (Lipinski definition) is 4. The Labute approximate surface area is 224 Å². The molecule has 7 nitrogen and oxygen atoms in total. The second-order valence-electron chi connectivity index (χ2n) is 8.63. The lowest BCUT2D eigenvalue weighted by atomic mass is 10.1. The molecule has 0 aliphatic heterocycles. The van der Waals surface area contributed by atoms with Gasteiger partial charge in [-0.2, -0.15) is 0 Å². The van der Waals surface area contributed by atoms with Crippen LogP contribution in [0.4, 0.5) is 5.69 Å². The van der Waals surface area contributed by atoms with E-state index in [9.17, 15) is 18.0 Å². The third kappa shape index (κ3) is 7.11. The maximum Gasteiger partial charge on any atom is 0.264 e. The van der Waals surface area contributed by atoms with Crippen LogP contribution in [0.25, 0.3) is 0 Å². The summed E-state index contributed by atoms with van der Waals surface area (Å²) in [5.41, 5.74) is 1.99. The van der Waals surface area contributed by atoms with E-state index in [1.165, 1.54) is 17.0 Å². The summed E-state index contributed by atoms with van der Waals surface area (Å²) in [6.45, 7) is 5.55. The molecule has 0 fully saturated rings. The molecule has 196 valence electrons. The highest BCUT2D eigenvalue weighted by molar-refractivity contribution is 7.92. The van der Waals surface area contributed by atoms with Gasteiger partial charge < -0.3 is 10.2 Å². The third-order valence-corrected chi connectivity index (χ3v) is 7.94. The molecule has 0 aliphatic rings. The van der Waals surface area contributed by atoms with Crippen LogP contribution >= 0.6 is 11.6 Å². The number of nitrogens with one attached hydrogen (secondary N) is 1. The molecule has 0 unspecified atom stereocenters. The molecule has 3 aromatic carbocycles. The molecule has 0 heterocycles. The number of carbonyl (C=O) groups excluding carboxylic acids is 2. The van der Waals surface area contributed by atoms with Crippen LogP contribution in [0.15, 0.2) is 83.8 Å². The van der Waals surface area contributed by atoms with Gasteiger partial charge in [0.1, 0.15) is 12.6 Å². The number of halogens is 1. The molecule has 0 saturated carbocycles.